The molecule has 3 N–H and O–H groups in total. The van der Waals surface area contributed by atoms with Gasteiger partial charge in [-0.05, 0) is 24.3 Å². The van der Waals surface area contributed by atoms with Crippen LogP contribution in [0.15, 0.2) is 29.1 Å². The van der Waals surface area contributed by atoms with Gasteiger partial charge in [-0.25, -0.2) is 4.98 Å². The lowest BCUT2D eigenvalue weighted by Gasteiger charge is -2.16. The van der Waals surface area contributed by atoms with Crippen molar-refractivity contribution in [3.05, 3.63) is 45.9 Å². The topological polar surface area (TPSA) is 79.0 Å². The minimum Gasteiger partial charge on any atom is -0.497 e. The highest BCUT2D eigenvalue weighted by molar-refractivity contribution is 5.54. The highest BCUT2D eigenvalue weighted by atomic mass is 16.5. The van der Waals surface area contributed by atoms with Crippen LogP contribution in [0.4, 0.5) is 11.6 Å². The molecule has 20 heavy (non-hydrogen) atoms. The van der Waals surface area contributed by atoms with Crippen molar-refractivity contribution < 1.29 is 4.74 Å². The molecule has 2 heterocycles. The molecule has 1 aliphatic heterocycles. The number of nitrogens with zero attached hydrogens (tertiary/aromatic N) is 1. The third-order valence-electron chi connectivity index (χ3n) is 3.29. The second-order valence-electron chi connectivity index (χ2n) is 4.62. The van der Waals surface area contributed by atoms with Crippen LogP contribution in [0.3, 0.4) is 0 Å². The molecule has 6 nitrogen and oxygen atoms in total. The monoisotopic (exact) mass is 272 g/mol. The zero-order chi connectivity index (χ0) is 13.9. The first-order valence-electron chi connectivity index (χ1n) is 6.50. The van der Waals surface area contributed by atoms with E-state index in [2.05, 4.69) is 20.6 Å². The number of benzene rings is 1. The molecule has 0 saturated carbocycles. The van der Waals surface area contributed by atoms with Crippen LogP contribution in [0.2, 0.25) is 0 Å². The maximum absolute atomic E-state index is 12.0. The highest BCUT2D eigenvalue weighted by Gasteiger charge is 2.14. The van der Waals surface area contributed by atoms with E-state index in [1.54, 1.807) is 7.11 Å². The minimum atomic E-state index is -0.0850. The second-order valence-corrected chi connectivity index (χ2v) is 4.62. The summed E-state index contributed by atoms with van der Waals surface area (Å²) in [6.07, 6.45) is 0.774. The van der Waals surface area contributed by atoms with Gasteiger partial charge in [0.2, 0.25) is 5.95 Å². The molecule has 0 aliphatic carbocycles. The van der Waals surface area contributed by atoms with Crippen molar-refractivity contribution in [2.24, 2.45) is 0 Å². The largest absolute Gasteiger partial charge is 0.497 e. The molecule has 6 heteroatoms. The van der Waals surface area contributed by atoms with Gasteiger partial charge in [-0.1, -0.05) is 0 Å². The molecule has 0 saturated heterocycles. The van der Waals surface area contributed by atoms with E-state index in [1.807, 2.05) is 24.3 Å². The van der Waals surface area contributed by atoms with E-state index in [4.69, 9.17) is 4.74 Å². The average molecular weight is 272 g/mol. The van der Waals surface area contributed by atoms with E-state index < -0.39 is 0 Å². The van der Waals surface area contributed by atoms with E-state index in [-0.39, 0.29) is 5.56 Å². The summed E-state index contributed by atoms with van der Waals surface area (Å²) in [4.78, 5) is 19.2. The Kier molecular flexibility index (Phi) is 3.39. The number of ether oxygens (including phenoxy) is 1. The van der Waals surface area contributed by atoms with E-state index in [9.17, 15) is 4.79 Å². The number of H-pyrrole nitrogens is 1. The molecule has 3 rings (SSSR count). The smallest absolute Gasteiger partial charge is 0.257 e. The van der Waals surface area contributed by atoms with E-state index >= 15 is 0 Å². The fraction of sp³-hybridized carbons (Fsp3) is 0.286. The summed E-state index contributed by atoms with van der Waals surface area (Å²) >= 11 is 0. The normalized spacial score (nSPS) is 13.7. The first-order chi connectivity index (χ1) is 9.76. The van der Waals surface area contributed by atoms with Crippen LogP contribution in [0, 0.1) is 0 Å². The summed E-state index contributed by atoms with van der Waals surface area (Å²) < 4.78 is 5.10. The van der Waals surface area contributed by atoms with Gasteiger partial charge in [0.15, 0.2) is 0 Å². The predicted octanol–water partition coefficient (Wildman–Crippen LogP) is 1.17. The standard InChI is InChI=1S/C14H16N4O2/c1-20-10-4-2-9(3-5-10)16-14-17-12-6-7-15-8-11(12)13(19)18-14/h2-5,15H,6-8H2,1H3,(H2,16,17,18,19). The highest BCUT2D eigenvalue weighted by Crippen LogP contribution is 2.18. The third-order valence-corrected chi connectivity index (χ3v) is 3.29. The summed E-state index contributed by atoms with van der Waals surface area (Å²) in [7, 11) is 1.62. The number of hydrogen-bond acceptors (Lipinski definition) is 5. The number of fused-ring (bicyclic) bond motifs is 1. The summed E-state index contributed by atoms with van der Waals surface area (Å²) in [6, 6.07) is 7.45. The van der Waals surface area contributed by atoms with Gasteiger partial charge in [0.1, 0.15) is 5.75 Å². The molecular formula is C14H16N4O2. The van der Waals surface area contributed by atoms with Gasteiger partial charge in [-0.2, -0.15) is 0 Å². The van der Waals surface area contributed by atoms with E-state index in [1.165, 1.54) is 0 Å². The quantitative estimate of drug-likeness (QED) is 0.781. The molecule has 1 aromatic carbocycles. The third kappa shape index (κ3) is 2.50. The summed E-state index contributed by atoms with van der Waals surface area (Å²) in [5, 5.41) is 6.27. The van der Waals surface area contributed by atoms with Crippen molar-refractivity contribution in [1.29, 1.82) is 0 Å². The van der Waals surface area contributed by atoms with Gasteiger partial charge >= 0.3 is 0 Å². The zero-order valence-electron chi connectivity index (χ0n) is 11.2. The average Bonchev–Trinajstić information content (AvgIpc) is 2.48. The fourth-order valence-corrected chi connectivity index (χ4v) is 2.22. The van der Waals surface area contributed by atoms with Crippen LogP contribution in [-0.4, -0.2) is 23.6 Å². The van der Waals surface area contributed by atoms with Crippen LogP contribution >= 0.6 is 0 Å². The maximum atomic E-state index is 12.0. The Morgan fingerprint density at radius 1 is 1.30 bits per heavy atom. The number of nitrogens with one attached hydrogen (secondary N) is 3. The Morgan fingerprint density at radius 3 is 2.85 bits per heavy atom. The van der Waals surface area contributed by atoms with Gasteiger partial charge in [0.05, 0.1) is 18.4 Å². The lowest BCUT2D eigenvalue weighted by Crippen LogP contribution is -2.31. The van der Waals surface area contributed by atoms with Gasteiger partial charge in [0, 0.05) is 25.2 Å². The van der Waals surface area contributed by atoms with Crippen LogP contribution < -0.4 is 20.9 Å². The van der Waals surface area contributed by atoms with Crippen molar-refractivity contribution in [2.45, 2.75) is 13.0 Å². The summed E-state index contributed by atoms with van der Waals surface area (Å²) in [5.41, 5.74) is 2.36. The fourth-order valence-electron chi connectivity index (χ4n) is 2.22. The van der Waals surface area contributed by atoms with Crippen molar-refractivity contribution >= 4 is 11.6 Å². The minimum absolute atomic E-state index is 0.0850. The molecule has 1 aromatic heterocycles. The Labute approximate surface area is 116 Å². The molecule has 0 amide bonds. The Balaban J connectivity index is 1.87. The van der Waals surface area contributed by atoms with Crippen molar-refractivity contribution in [3.8, 4) is 5.75 Å². The molecule has 0 radical (unpaired) electrons. The van der Waals surface area contributed by atoms with Gasteiger partial charge in [-0.15, -0.1) is 0 Å². The Morgan fingerprint density at radius 2 is 2.10 bits per heavy atom. The van der Waals surface area contributed by atoms with Gasteiger partial charge < -0.3 is 15.4 Å². The van der Waals surface area contributed by atoms with Crippen LogP contribution in [0.1, 0.15) is 11.3 Å². The molecule has 2 aromatic rings. The molecule has 0 unspecified atom stereocenters. The molecule has 0 spiro atoms. The molecular weight excluding hydrogens is 256 g/mol. The van der Waals surface area contributed by atoms with Crippen molar-refractivity contribution in [1.82, 2.24) is 15.3 Å². The summed E-state index contributed by atoms with van der Waals surface area (Å²) in [6.45, 7) is 1.44. The lowest BCUT2D eigenvalue weighted by atomic mass is 10.1. The van der Waals surface area contributed by atoms with Crippen molar-refractivity contribution in [3.63, 3.8) is 0 Å². The molecule has 1 aliphatic rings. The Bertz CT molecular complexity index is 664. The zero-order valence-corrected chi connectivity index (χ0v) is 11.2. The van der Waals surface area contributed by atoms with Crippen LogP contribution in [-0.2, 0) is 13.0 Å². The van der Waals surface area contributed by atoms with E-state index in [0.29, 0.717) is 12.5 Å². The Hall–Kier alpha value is -2.34. The molecule has 0 fully saturated rings. The second kappa shape index (κ2) is 5.34. The first-order valence-corrected chi connectivity index (χ1v) is 6.50. The van der Waals surface area contributed by atoms with E-state index in [0.717, 1.165) is 35.7 Å². The van der Waals surface area contributed by atoms with Crippen molar-refractivity contribution in [2.75, 3.05) is 19.0 Å². The molecule has 104 valence electrons. The number of rotatable bonds is 3. The SMILES string of the molecule is COc1ccc(Nc2nc3c(c(=O)[nH]2)CNCC3)cc1. The maximum Gasteiger partial charge on any atom is 0.257 e. The van der Waals surface area contributed by atoms with Crippen LogP contribution in [0.5, 0.6) is 5.75 Å². The summed E-state index contributed by atoms with van der Waals surface area (Å²) in [5.74, 6) is 1.26. The molecule has 0 bridgehead atoms. The van der Waals surface area contributed by atoms with Gasteiger partial charge in [0.25, 0.3) is 5.56 Å². The van der Waals surface area contributed by atoms with Gasteiger partial charge in [-0.3, -0.25) is 9.78 Å². The number of anilines is 2. The number of methoxy groups -OCH3 is 1. The number of hydrogen-bond donors (Lipinski definition) is 3. The predicted molar refractivity (Wildman–Crippen MR) is 76.5 cm³/mol. The first kappa shape index (κ1) is 12.7. The molecule has 0 atom stereocenters. The number of aromatic amines is 1. The lowest BCUT2D eigenvalue weighted by molar-refractivity contribution is 0.415. The van der Waals surface area contributed by atoms with Crippen LogP contribution in [0.25, 0.3) is 0 Å². The number of aromatic nitrogens is 2.